The Morgan fingerprint density at radius 3 is 2.25 bits per heavy atom. The van der Waals surface area contributed by atoms with Crippen molar-refractivity contribution in [2.24, 2.45) is 5.92 Å². The first-order valence-electron chi connectivity index (χ1n) is 6.16. The van der Waals surface area contributed by atoms with Crippen molar-refractivity contribution >= 4 is 0 Å². The zero-order chi connectivity index (χ0) is 15.0. The van der Waals surface area contributed by atoms with E-state index in [0.29, 0.717) is 0 Å². The molecule has 0 radical (unpaired) electrons. The SMILES string of the molecule is FC(F)(F)c1ccccc1C1CC(C(F)(F)F)CCN1. The van der Waals surface area contributed by atoms with Gasteiger partial charge in [0.1, 0.15) is 0 Å². The van der Waals surface area contributed by atoms with E-state index in [0.717, 1.165) is 6.07 Å². The summed E-state index contributed by atoms with van der Waals surface area (Å²) in [4.78, 5) is 0. The van der Waals surface area contributed by atoms with Crippen molar-refractivity contribution < 1.29 is 26.3 Å². The molecule has 1 aliphatic heterocycles. The Balaban J connectivity index is 2.28. The third-order valence-electron chi connectivity index (χ3n) is 3.51. The second kappa shape index (κ2) is 5.27. The largest absolute Gasteiger partial charge is 0.416 e. The zero-order valence-corrected chi connectivity index (χ0v) is 10.4. The van der Waals surface area contributed by atoms with Crippen LogP contribution in [0.5, 0.6) is 0 Å². The highest BCUT2D eigenvalue weighted by molar-refractivity contribution is 5.32. The Morgan fingerprint density at radius 1 is 1.00 bits per heavy atom. The van der Waals surface area contributed by atoms with Gasteiger partial charge in [0.25, 0.3) is 0 Å². The molecule has 0 aromatic heterocycles. The van der Waals surface area contributed by atoms with E-state index in [1.165, 1.54) is 18.2 Å². The van der Waals surface area contributed by atoms with Crippen LogP contribution in [-0.2, 0) is 6.18 Å². The fraction of sp³-hybridized carbons (Fsp3) is 0.538. The summed E-state index contributed by atoms with van der Waals surface area (Å²) in [6, 6.07) is 3.85. The molecule has 0 bridgehead atoms. The molecule has 0 spiro atoms. The van der Waals surface area contributed by atoms with Crippen molar-refractivity contribution in [1.29, 1.82) is 0 Å². The van der Waals surface area contributed by atoms with Crippen molar-refractivity contribution in [3.05, 3.63) is 35.4 Å². The minimum Gasteiger partial charge on any atom is -0.310 e. The van der Waals surface area contributed by atoms with E-state index in [2.05, 4.69) is 5.32 Å². The van der Waals surface area contributed by atoms with E-state index in [-0.39, 0.29) is 24.9 Å². The van der Waals surface area contributed by atoms with E-state index in [1.807, 2.05) is 0 Å². The van der Waals surface area contributed by atoms with Gasteiger partial charge in [0.15, 0.2) is 0 Å². The molecule has 2 rings (SSSR count). The molecule has 1 aliphatic rings. The third kappa shape index (κ3) is 3.26. The van der Waals surface area contributed by atoms with Crippen LogP contribution in [0.1, 0.15) is 30.0 Å². The molecule has 0 amide bonds. The van der Waals surface area contributed by atoms with Crippen LogP contribution < -0.4 is 5.32 Å². The summed E-state index contributed by atoms with van der Waals surface area (Å²) in [6.07, 6.45) is -9.40. The zero-order valence-electron chi connectivity index (χ0n) is 10.4. The summed E-state index contributed by atoms with van der Waals surface area (Å²) in [5, 5.41) is 2.75. The van der Waals surface area contributed by atoms with E-state index >= 15 is 0 Å². The standard InChI is InChI=1S/C13H13F6N/c14-12(15,16)8-5-6-20-11(7-8)9-3-1-2-4-10(9)13(17,18)19/h1-4,8,11,20H,5-7H2. The van der Waals surface area contributed by atoms with Crippen molar-refractivity contribution in [2.75, 3.05) is 6.54 Å². The number of piperidine rings is 1. The molecule has 0 aliphatic carbocycles. The normalized spacial score (nSPS) is 24.7. The average molecular weight is 297 g/mol. The highest BCUT2D eigenvalue weighted by atomic mass is 19.4. The summed E-state index contributed by atoms with van der Waals surface area (Å²) in [5.74, 6) is -1.56. The molecule has 1 heterocycles. The first-order chi connectivity index (χ1) is 9.19. The molecular formula is C13H13F6N. The summed E-state index contributed by atoms with van der Waals surface area (Å²) in [7, 11) is 0. The minimum absolute atomic E-state index is 0.0566. The number of nitrogens with one attached hydrogen (secondary N) is 1. The molecule has 1 aromatic carbocycles. The van der Waals surface area contributed by atoms with Gasteiger partial charge in [-0.25, -0.2) is 0 Å². The second-order valence-corrected chi connectivity index (χ2v) is 4.85. The predicted octanol–water partition coefficient (Wildman–Crippen LogP) is 4.31. The number of halogens is 6. The van der Waals surface area contributed by atoms with E-state index in [9.17, 15) is 26.3 Å². The molecule has 1 fully saturated rings. The monoisotopic (exact) mass is 297 g/mol. The molecular weight excluding hydrogens is 284 g/mol. The highest BCUT2D eigenvalue weighted by Gasteiger charge is 2.44. The lowest BCUT2D eigenvalue weighted by atomic mass is 9.86. The van der Waals surface area contributed by atoms with Crippen molar-refractivity contribution in [3.8, 4) is 0 Å². The number of hydrogen-bond acceptors (Lipinski definition) is 1. The number of hydrogen-bond donors (Lipinski definition) is 1. The first kappa shape index (κ1) is 15.2. The van der Waals surface area contributed by atoms with Gasteiger partial charge in [0.2, 0.25) is 0 Å². The molecule has 7 heteroatoms. The summed E-state index contributed by atoms with van der Waals surface area (Å²) in [6.45, 7) is 0.0566. The van der Waals surface area contributed by atoms with Gasteiger partial charge in [-0.2, -0.15) is 26.3 Å². The van der Waals surface area contributed by atoms with Gasteiger partial charge in [-0.05, 0) is 31.0 Å². The van der Waals surface area contributed by atoms with Crippen LogP contribution in [0.4, 0.5) is 26.3 Å². The van der Waals surface area contributed by atoms with Crippen LogP contribution in [0.25, 0.3) is 0 Å². The Hall–Kier alpha value is -1.24. The van der Waals surface area contributed by atoms with E-state index in [1.54, 1.807) is 0 Å². The van der Waals surface area contributed by atoms with Gasteiger partial charge in [0, 0.05) is 6.04 Å². The number of rotatable bonds is 1. The molecule has 1 aromatic rings. The molecule has 0 saturated carbocycles. The lowest BCUT2D eigenvalue weighted by Gasteiger charge is -2.33. The smallest absolute Gasteiger partial charge is 0.310 e. The Kier molecular flexibility index (Phi) is 4.00. The van der Waals surface area contributed by atoms with E-state index in [4.69, 9.17) is 0 Å². The fourth-order valence-corrected chi connectivity index (χ4v) is 2.51. The van der Waals surface area contributed by atoms with Gasteiger partial charge >= 0.3 is 12.4 Å². The lowest BCUT2D eigenvalue weighted by molar-refractivity contribution is -0.183. The van der Waals surface area contributed by atoms with Crippen LogP contribution in [-0.4, -0.2) is 12.7 Å². The predicted molar refractivity (Wildman–Crippen MR) is 61.0 cm³/mol. The van der Waals surface area contributed by atoms with Gasteiger partial charge < -0.3 is 5.32 Å². The Bertz CT molecular complexity index is 465. The van der Waals surface area contributed by atoms with Crippen LogP contribution >= 0.6 is 0 Å². The molecule has 1 N–H and O–H groups in total. The summed E-state index contributed by atoms with van der Waals surface area (Å²) < 4.78 is 76.8. The van der Waals surface area contributed by atoms with Crippen molar-refractivity contribution in [3.63, 3.8) is 0 Å². The maximum Gasteiger partial charge on any atom is 0.416 e. The summed E-state index contributed by atoms with van der Waals surface area (Å²) in [5.41, 5.74) is -0.991. The van der Waals surface area contributed by atoms with Gasteiger partial charge in [-0.3, -0.25) is 0 Å². The maximum absolute atomic E-state index is 12.9. The van der Waals surface area contributed by atoms with Crippen LogP contribution in [0.3, 0.4) is 0 Å². The van der Waals surface area contributed by atoms with E-state index < -0.39 is 29.9 Å². The minimum atomic E-state index is -4.57. The van der Waals surface area contributed by atoms with Crippen LogP contribution in [0.2, 0.25) is 0 Å². The quantitative estimate of drug-likeness (QED) is 0.762. The maximum atomic E-state index is 12.9. The molecule has 2 atom stereocenters. The highest BCUT2D eigenvalue weighted by Crippen LogP contribution is 2.41. The number of benzene rings is 1. The topological polar surface area (TPSA) is 12.0 Å². The fourth-order valence-electron chi connectivity index (χ4n) is 2.51. The lowest BCUT2D eigenvalue weighted by Crippen LogP contribution is -2.38. The molecule has 1 saturated heterocycles. The summed E-state index contributed by atoms with van der Waals surface area (Å²) >= 11 is 0. The van der Waals surface area contributed by atoms with Gasteiger partial charge in [0.05, 0.1) is 11.5 Å². The van der Waals surface area contributed by atoms with Crippen LogP contribution in [0.15, 0.2) is 24.3 Å². The Morgan fingerprint density at radius 2 is 1.65 bits per heavy atom. The van der Waals surface area contributed by atoms with Crippen molar-refractivity contribution in [2.45, 2.75) is 31.2 Å². The second-order valence-electron chi connectivity index (χ2n) is 4.85. The first-order valence-corrected chi connectivity index (χ1v) is 6.16. The molecule has 2 unspecified atom stereocenters. The molecule has 112 valence electrons. The molecule has 20 heavy (non-hydrogen) atoms. The van der Waals surface area contributed by atoms with Crippen LogP contribution in [0, 0.1) is 5.92 Å². The van der Waals surface area contributed by atoms with Gasteiger partial charge in [-0.15, -0.1) is 0 Å². The average Bonchev–Trinajstić information content (AvgIpc) is 2.37. The molecule has 1 nitrogen and oxygen atoms in total. The van der Waals surface area contributed by atoms with Gasteiger partial charge in [-0.1, -0.05) is 18.2 Å². The third-order valence-corrected chi connectivity index (χ3v) is 3.51. The number of alkyl halides is 6. The Labute approximate surface area is 112 Å². The van der Waals surface area contributed by atoms with Crippen molar-refractivity contribution in [1.82, 2.24) is 5.32 Å².